The summed E-state index contributed by atoms with van der Waals surface area (Å²) in [5, 5.41) is 3.45. The van der Waals surface area contributed by atoms with Gasteiger partial charge in [-0.2, -0.15) is 11.8 Å². The van der Waals surface area contributed by atoms with Crippen molar-refractivity contribution in [3.63, 3.8) is 0 Å². The Morgan fingerprint density at radius 1 is 1.35 bits per heavy atom. The highest BCUT2D eigenvalue weighted by atomic mass is 79.9. The van der Waals surface area contributed by atoms with Gasteiger partial charge in [0.05, 0.1) is 0 Å². The monoisotopic (exact) mass is 356 g/mol. The van der Waals surface area contributed by atoms with Crippen LogP contribution in [0.1, 0.15) is 32.8 Å². The molecule has 112 valence electrons. The minimum absolute atomic E-state index is 0.409. The highest BCUT2D eigenvalue weighted by Gasteiger charge is 2.24. The summed E-state index contributed by atoms with van der Waals surface area (Å²) in [6.45, 7) is 11.1. The maximum absolute atomic E-state index is 3.60. The van der Waals surface area contributed by atoms with Gasteiger partial charge < -0.3 is 10.2 Å². The van der Waals surface area contributed by atoms with Crippen LogP contribution in [0.15, 0.2) is 22.7 Å². The molecule has 2 rings (SSSR count). The molecule has 1 heterocycles. The van der Waals surface area contributed by atoms with Crippen LogP contribution in [0.2, 0.25) is 0 Å². The van der Waals surface area contributed by atoms with Crippen molar-refractivity contribution in [1.82, 2.24) is 5.32 Å². The first-order chi connectivity index (χ1) is 9.52. The zero-order valence-electron chi connectivity index (χ0n) is 12.7. The Morgan fingerprint density at radius 3 is 2.90 bits per heavy atom. The Labute approximate surface area is 135 Å². The van der Waals surface area contributed by atoms with Gasteiger partial charge in [-0.05, 0) is 36.7 Å². The Balaban J connectivity index is 2.18. The Kier molecular flexibility index (Phi) is 5.82. The minimum atomic E-state index is 0.409. The molecule has 1 aromatic carbocycles. The molecule has 1 aliphatic heterocycles. The standard InChI is InChI=1S/C16H25BrN2S/c1-4-18-12-13-11-14(17)5-6-15(13)19-8-7-16(2,3)20-10-9-19/h5-6,11,18H,4,7-10,12H2,1-3H3. The van der Waals surface area contributed by atoms with Crippen molar-refractivity contribution in [3.05, 3.63) is 28.2 Å². The molecule has 4 heteroatoms. The minimum Gasteiger partial charge on any atom is -0.370 e. The van der Waals surface area contributed by atoms with Gasteiger partial charge in [0.1, 0.15) is 0 Å². The lowest BCUT2D eigenvalue weighted by atomic mass is 10.1. The van der Waals surface area contributed by atoms with Crippen molar-refractivity contribution in [2.45, 2.75) is 38.5 Å². The first kappa shape index (κ1) is 16.2. The van der Waals surface area contributed by atoms with Crippen LogP contribution in [0.25, 0.3) is 0 Å². The largest absolute Gasteiger partial charge is 0.370 e. The topological polar surface area (TPSA) is 15.3 Å². The van der Waals surface area contributed by atoms with E-state index in [1.165, 1.54) is 27.9 Å². The van der Waals surface area contributed by atoms with Gasteiger partial charge in [-0.15, -0.1) is 0 Å². The molecule has 1 aliphatic rings. The van der Waals surface area contributed by atoms with E-state index in [0.29, 0.717) is 4.75 Å². The van der Waals surface area contributed by atoms with E-state index in [1.807, 2.05) is 0 Å². The summed E-state index contributed by atoms with van der Waals surface area (Å²) < 4.78 is 1.57. The average Bonchev–Trinajstić information content (AvgIpc) is 2.58. The number of hydrogen-bond acceptors (Lipinski definition) is 3. The predicted molar refractivity (Wildman–Crippen MR) is 94.9 cm³/mol. The molecular weight excluding hydrogens is 332 g/mol. The number of hydrogen-bond donors (Lipinski definition) is 1. The lowest BCUT2D eigenvalue weighted by Crippen LogP contribution is -2.28. The number of halogens is 1. The Bertz CT molecular complexity index is 448. The lowest BCUT2D eigenvalue weighted by Gasteiger charge is -2.26. The van der Waals surface area contributed by atoms with Crippen molar-refractivity contribution in [2.75, 3.05) is 30.3 Å². The van der Waals surface area contributed by atoms with Crippen LogP contribution in [0.3, 0.4) is 0 Å². The van der Waals surface area contributed by atoms with E-state index in [4.69, 9.17) is 0 Å². The van der Waals surface area contributed by atoms with Gasteiger partial charge in [0.2, 0.25) is 0 Å². The molecule has 1 saturated heterocycles. The summed E-state index contributed by atoms with van der Waals surface area (Å²) in [7, 11) is 0. The van der Waals surface area contributed by atoms with Gasteiger partial charge in [0.15, 0.2) is 0 Å². The number of anilines is 1. The molecule has 1 N–H and O–H groups in total. The summed E-state index contributed by atoms with van der Waals surface area (Å²) in [6, 6.07) is 6.68. The van der Waals surface area contributed by atoms with E-state index in [0.717, 1.165) is 26.2 Å². The second-order valence-electron chi connectivity index (χ2n) is 5.90. The molecule has 0 atom stereocenters. The molecule has 1 aromatic rings. The fourth-order valence-corrected chi connectivity index (χ4v) is 4.03. The number of benzene rings is 1. The first-order valence-electron chi connectivity index (χ1n) is 7.40. The van der Waals surface area contributed by atoms with Gasteiger partial charge in [-0.25, -0.2) is 0 Å². The van der Waals surface area contributed by atoms with Crippen LogP contribution < -0.4 is 10.2 Å². The van der Waals surface area contributed by atoms with E-state index >= 15 is 0 Å². The predicted octanol–water partition coefficient (Wildman–Crippen LogP) is 4.28. The smallest absolute Gasteiger partial charge is 0.0412 e. The summed E-state index contributed by atoms with van der Waals surface area (Å²) in [5.41, 5.74) is 2.79. The van der Waals surface area contributed by atoms with E-state index < -0.39 is 0 Å². The van der Waals surface area contributed by atoms with Crippen molar-refractivity contribution in [2.24, 2.45) is 0 Å². The number of rotatable bonds is 4. The van der Waals surface area contributed by atoms with E-state index in [-0.39, 0.29) is 0 Å². The summed E-state index contributed by atoms with van der Waals surface area (Å²) in [5.74, 6) is 1.21. The van der Waals surface area contributed by atoms with Crippen LogP contribution in [-0.2, 0) is 6.54 Å². The molecule has 0 saturated carbocycles. The molecule has 2 nitrogen and oxygen atoms in total. The lowest BCUT2D eigenvalue weighted by molar-refractivity contribution is 0.635. The number of nitrogens with zero attached hydrogens (tertiary/aromatic N) is 1. The van der Waals surface area contributed by atoms with E-state index in [9.17, 15) is 0 Å². The van der Waals surface area contributed by atoms with Crippen LogP contribution in [0, 0.1) is 0 Å². The summed E-state index contributed by atoms with van der Waals surface area (Å²) >= 11 is 5.70. The van der Waals surface area contributed by atoms with Gasteiger partial charge in [-0.3, -0.25) is 0 Å². The number of nitrogens with one attached hydrogen (secondary N) is 1. The average molecular weight is 357 g/mol. The third kappa shape index (κ3) is 4.40. The van der Waals surface area contributed by atoms with Crippen molar-refractivity contribution in [1.29, 1.82) is 0 Å². The highest BCUT2D eigenvalue weighted by molar-refractivity contribution is 9.10. The van der Waals surface area contributed by atoms with Crippen LogP contribution in [-0.4, -0.2) is 30.1 Å². The van der Waals surface area contributed by atoms with Crippen molar-refractivity contribution in [3.8, 4) is 0 Å². The molecule has 0 spiro atoms. The van der Waals surface area contributed by atoms with Gasteiger partial charge in [-0.1, -0.05) is 36.7 Å². The molecule has 0 aliphatic carbocycles. The normalized spacial score (nSPS) is 18.9. The zero-order chi connectivity index (χ0) is 14.6. The molecule has 0 amide bonds. The van der Waals surface area contributed by atoms with Crippen molar-refractivity contribution < 1.29 is 0 Å². The summed E-state index contributed by atoms with van der Waals surface area (Å²) in [4.78, 5) is 2.56. The van der Waals surface area contributed by atoms with Crippen LogP contribution in [0.5, 0.6) is 0 Å². The maximum atomic E-state index is 3.60. The Hall–Kier alpha value is -0.190. The molecule has 0 bridgehead atoms. The third-order valence-electron chi connectivity index (χ3n) is 3.79. The van der Waals surface area contributed by atoms with E-state index in [1.54, 1.807) is 0 Å². The fraction of sp³-hybridized carbons (Fsp3) is 0.625. The molecule has 0 radical (unpaired) electrons. The van der Waals surface area contributed by atoms with Gasteiger partial charge in [0, 0.05) is 40.3 Å². The van der Waals surface area contributed by atoms with Crippen LogP contribution >= 0.6 is 27.7 Å². The van der Waals surface area contributed by atoms with Crippen molar-refractivity contribution >= 4 is 33.4 Å². The van der Waals surface area contributed by atoms with Gasteiger partial charge >= 0.3 is 0 Å². The maximum Gasteiger partial charge on any atom is 0.0412 e. The second-order valence-corrected chi connectivity index (χ2v) is 8.62. The number of thioether (sulfide) groups is 1. The molecule has 0 aromatic heterocycles. The third-order valence-corrected chi connectivity index (χ3v) is 5.65. The zero-order valence-corrected chi connectivity index (χ0v) is 15.1. The molecule has 20 heavy (non-hydrogen) atoms. The highest BCUT2D eigenvalue weighted by Crippen LogP contribution is 2.33. The first-order valence-corrected chi connectivity index (χ1v) is 9.18. The molecule has 1 fully saturated rings. The van der Waals surface area contributed by atoms with Crippen LogP contribution in [0.4, 0.5) is 5.69 Å². The van der Waals surface area contributed by atoms with Gasteiger partial charge in [0.25, 0.3) is 0 Å². The Morgan fingerprint density at radius 2 is 2.15 bits per heavy atom. The SMILES string of the molecule is CCNCc1cc(Br)ccc1N1CCSC(C)(C)CC1. The fourth-order valence-electron chi connectivity index (χ4n) is 2.53. The summed E-state index contributed by atoms with van der Waals surface area (Å²) in [6.07, 6.45) is 1.24. The second kappa shape index (κ2) is 7.19. The quantitative estimate of drug-likeness (QED) is 0.866. The molecular formula is C16H25BrN2S. The van der Waals surface area contributed by atoms with E-state index in [2.05, 4.69) is 76.9 Å². The molecule has 0 unspecified atom stereocenters.